The van der Waals surface area contributed by atoms with Gasteiger partial charge in [-0.3, -0.25) is 14.5 Å². The average molecular weight is 570 g/mol. The van der Waals surface area contributed by atoms with E-state index in [1.54, 1.807) is 30.3 Å². The summed E-state index contributed by atoms with van der Waals surface area (Å²) in [7, 11) is 0. The second-order valence-corrected chi connectivity index (χ2v) is 10.4. The van der Waals surface area contributed by atoms with Crippen LogP contribution in [0.2, 0.25) is 5.02 Å². The fourth-order valence-corrected chi connectivity index (χ4v) is 5.22. The van der Waals surface area contributed by atoms with Gasteiger partial charge in [0.25, 0.3) is 5.91 Å². The first-order valence-corrected chi connectivity index (χ1v) is 13.9. The van der Waals surface area contributed by atoms with Gasteiger partial charge in [-0.05, 0) is 54.3 Å². The first-order valence-electron chi connectivity index (χ1n) is 13.6. The summed E-state index contributed by atoms with van der Waals surface area (Å²) < 4.78 is 31.0. The number of halogens is 2. The molecule has 2 aliphatic heterocycles. The summed E-state index contributed by atoms with van der Waals surface area (Å²) >= 11 is 6.49. The van der Waals surface area contributed by atoms with E-state index >= 15 is 0 Å². The minimum absolute atomic E-state index is 0.0351. The summed E-state index contributed by atoms with van der Waals surface area (Å²) in [6.07, 6.45) is 1.70. The summed E-state index contributed by atoms with van der Waals surface area (Å²) in [5.41, 5.74) is 1.13. The van der Waals surface area contributed by atoms with E-state index in [0.717, 1.165) is 25.9 Å². The molecule has 40 heavy (non-hydrogen) atoms. The van der Waals surface area contributed by atoms with Crippen molar-refractivity contribution < 1.29 is 27.9 Å². The van der Waals surface area contributed by atoms with Crippen LogP contribution in [0.1, 0.15) is 46.3 Å². The van der Waals surface area contributed by atoms with Crippen LogP contribution < -0.4 is 5.32 Å². The van der Waals surface area contributed by atoms with Gasteiger partial charge in [0, 0.05) is 37.8 Å². The number of hydrogen-bond donors (Lipinski definition) is 1. The third-order valence-electron chi connectivity index (χ3n) is 7.19. The normalized spacial score (nSPS) is 18.4. The predicted octanol–water partition coefficient (Wildman–Crippen LogP) is 4.58. The van der Waals surface area contributed by atoms with Crippen molar-refractivity contribution in [1.29, 1.82) is 0 Å². The molecule has 0 unspecified atom stereocenters. The molecule has 0 saturated carbocycles. The number of hydrogen-bond acceptors (Lipinski definition) is 6. The molecule has 0 aliphatic carbocycles. The van der Waals surface area contributed by atoms with Crippen LogP contribution in [0.3, 0.4) is 0 Å². The number of nitrogens with one attached hydrogen (secondary N) is 1. The second-order valence-electron chi connectivity index (χ2n) is 10.0. The lowest BCUT2D eigenvalue weighted by atomic mass is 10.0. The van der Waals surface area contributed by atoms with Gasteiger partial charge in [0.1, 0.15) is 17.6 Å². The van der Waals surface area contributed by atoms with Gasteiger partial charge < -0.3 is 24.1 Å². The maximum atomic E-state index is 14.1. The van der Waals surface area contributed by atoms with E-state index in [-0.39, 0.29) is 18.4 Å². The van der Waals surface area contributed by atoms with E-state index in [4.69, 9.17) is 25.5 Å². The van der Waals surface area contributed by atoms with Gasteiger partial charge in [0.15, 0.2) is 5.76 Å². The Balaban J connectivity index is 1.46. The largest absolute Gasteiger partial charge is 0.455 e. The van der Waals surface area contributed by atoms with Gasteiger partial charge in [-0.1, -0.05) is 41.9 Å². The van der Waals surface area contributed by atoms with Crippen LogP contribution in [0, 0.1) is 5.82 Å². The Hall–Kier alpha value is -3.24. The van der Waals surface area contributed by atoms with Crippen molar-refractivity contribution in [2.75, 3.05) is 39.5 Å². The SMILES string of the molecule is O=C(NC[C@H]1CCCO1)[C@@H](c1ccc(F)cc1)N(Cc1ccccc1Cl)C(=O)c1ccc(CN2CCOCC2)o1. The minimum Gasteiger partial charge on any atom is -0.455 e. The number of carbonyl (C=O) groups is 2. The lowest BCUT2D eigenvalue weighted by Crippen LogP contribution is -2.45. The van der Waals surface area contributed by atoms with Crippen LogP contribution >= 0.6 is 11.6 Å². The van der Waals surface area contributed by atoms with Crippen molar-refractivity contribution in [2.45, 2.75) is 38.1 Å². The Bertz CT molecular complexity index is 1290. The number of benzene rings is 2. The molecule has 1 aromatic heterocycles. The third kappa shape index (κ3) is 7.09. The number of amides is 2. The average Bonchev–Trinajstić information content (AvgIpc) is 3.66. The highest BCUT2D eigenvalue weighted by Crippen LogP contribution is 2.29. The van der Waals surface area contributed by atoms with Crippen LogP contribution in [-0.2, 0) is 27.4 Å². The van der Waals surface area contributed by atoms with E-state index in [2.05, 4.69) is 10.2 Å². The number of carbonyl (C=O) groups excluding carboxylic acids is 2. The molecule has 212 valence electrons. The molecule has 2 saturated heterocycles. The molecule has 2 atom stereocenters. The van der Waals surface area contributed by atoms with Gasteiger partial charge >= 0.3 is 0 Å². The molecular weight excluding hydrogens is 537 g/mol. The fraction of sp³-hybridized carbons (Fsp3) is 0.400. The first kappa shape index (κ1) is 28.3. The molecule has 2 amide bonds. The van der Waals surface area contributed by atoms with Crippen molar-refractivity contribution in [3.63, 3.8) is 0 Å². The van der Waals surface area contributed by atoms with Crippen LogP contribution in [0.4, 0.5) is 4.39 Å². The molecular formula is C30H33ClFN3O5. The molecule has 3 aromatic rings. The quantitative estimate of drug-likeness (QED) is 0.385. The molecule has 0 radical (unpaired) electrons. The standard InChI is InChI=1S/C30H33ClFN3O5/c31-26-6-2-1-4-22(26)19-35(30(37)27-12-11-25(40-27)20-34-13-16-38-17-14-34)28(21-7-9-23(32)10-8-21)29(36)33-18-24-5-3-15-39-24/h1-2,4,6-12,24,28H,3,5,13-20H2,(H,33,36)/t24-,28-/m1/s1. The Morgan fingerprint density at radius 3 is 2.55 bits per heavy atom. The molecule has 1 N–H and O–H groups in total. The molecule has 2 aromatic carbocycles. The van der Waals surface area contributed by atoms with E-state index in [1.165, 1.54) is 29.2 Å². The van der Waals surface area contributed by atoms with Crippen molar-refractivity contribution in [3.05, 3.63) is 94.2 Å². The Morgan fingerprint density at radius 1 is 1.05 bits per heavy atom. The van der Waals surface area contributed by atoms with Crippen LogP contribution in [-0.4, -0.2) is 67.2 Å². The number of rotatable bonds is 10. The lowest BCUT2D eigenvalue weighted by Gasteiger charge is -2.31. The monoisotopic (exact) mass is 569 g/mol. The summed E-state index contributed by atoms with van der Waals surface area (Å²) in [6.45, 7) is 4.41. The van der Waals surface area contributed by atoms with Crippen molar-refractivity contribution in [3.8, 4) is 0 Å². The number of nitrogens with zero attached hydrogens (tertiary/aromatic N) is 2. The molecule has 5 rings (SSSR count). The van der Waals surface area contributed by atoms with E-state index in [1.807, 2.05) is 6.07 Å². The van der Waals surface area contributed by atoms with Gasteiger partial charge in [-0.25, -0.2) is 4.39 Å². The molecule has 0 spiro atoms. The van der Waals surface area contributed by atoms with Crippen molar-refractivity contribution >= 4 is 23.4 Å². The molecule has 2 aliphatic rings. The molecule has 8 nitrogen and oxygen atoms in total. The number of ether oxygens (including phenoxy) is 2. The smallest absolute Gasteiger partial charge is 0.290 e. The Kier molecular flexibility index (Phi) is 9.49. The summed E-state index contributed by atoms with van der Waals surface area (Å²) in [5.74, 6) is -0.569. The zero-order valence-corrected chi connectivity index (χ0v) is 22.9. The lowest BCUT2D eigenvalue weighted by molar-refractivity contribution is -0.126. The van der Waals surface area contributed by atoms with Crippen molar-refractivity contribution in [1.82, 2.24) is 15.1 Å². The van der Waals surface area contributed by atoms with Crippen molar-refractivity contribution in [2.24, 2.45) is 0 Å². The molecule has 0 bridgehead atoms. The zero-order chi connectivity index (χ0) is 27.9. The highest BCUT2D eigenvalue weighted by Gasteiger charge is 2.34. The van der Waals surface area contributed by atoms with Crippen LogP contribution in [0.25, 0.3) is 0 Å². The van der Waals surface area contributed by atoms with Crippen LogP contribution in [0.15, 0.2) is 65.1 Å². The Labute approximate surface area is 238 Å². The fourth-order valence-electron chi connectivity index (χ4n) is 5.02. The van der Waals surface area contributed by atoms with Gasteiger partial charge in [-0.15, -0.1) is 0 Å². The molecule has 3 heterocycles. The maximum Gasteiger partial charge on any atom is 0.290 e. The Morgan fingerprint density at radius 2 is 1.82 bits per heavy atom. The van der Waals surface area contributed by atoms with Gasteiger partial charge in [0.2, 0.25) is 5.91 Å². The maximum absolute atomic E-state index is 14.1. The van der Waals surface area contributed by atoms with E-state index < -0.39 is 23.7 Å². The first-order chi connectivity index (χ1) is 19.5. The summed E-state index contributed by atoms with van der Waals surface area (Å²) in [4.78, 5) is 31.5. The summed E-state index contributed by atoms with van der Waals surface area (Å²) in [5, 5.41) is 3.41. The predicted molar refractivity (Wildman–Crippen MR) is 147 cm³/mol. The van der Waals surface area contributed by atoms with E-state index in [0.29, 0.717) is 54.8 Å². The van der Waals surface area contributed by atoms with Gasteiger partial charge in [-0.2, -0.15) is 0 Å². The molecule has 2 fully saturated rings. The van der Waals surface area contributed by atoms with Gasteiger partial charge in [0.05, 0.1) is 25.9 Å². The zero-order valence-electron chi connectivity index (χ0n) is 22.2. The highest BCUT2D eigenvalue weighted by atomic mass is 35.5. The number of furan rings is 1. The number of morpholine rings is 1. The molecule has 10 heteroatoms. The highest BCUT2D eigenvalue weighted by molar-refractivity contribution is 6.31. The second kappa shape index (κ2) is 13.4. The minimum atomic E-state index is -1.07. The summed E-state index contributed by atoms with van der Waals surface area (Å²) in [6, 6.07) is 15.1. The third-order valence-corrected chi connectivity index (χ3v) is 7.56. The topological polar surface area (TPSA) is 84.2 Å². The van der Waals surface area contributed by atoms with Crippen LogP contribution in [0.5, 0.6) is 0 Å². The van der Waals surface area contributed by atoms with E-state index in [9.17, 15) is 14.0 Å².